The fourth-order valence-corrected chi connectivity index (χ4v) is 2.78. The summed E-state index contributed by atoms with van der Waals surface area (Å²) in [4.78, 5) is 12.2. The number of benzene rings is 1. The number of nitrogens with zero attached hydrogens (tertiary/aromatic N) is 3. The number of aryl methyl sites for hydroxylation is 1. The molecule has 2 aromatic rings. The van der Waals surface area contributed by atoms with Crippen LogP contribution in [-0.4, -0.2) is 38.0 Å². The minimum Gasteiger partial charge on any atom is -0.394 e. The van der Waals surface area contributed by atoms with Crippen LogP contribution in [0.5, 0.6) is 0 Å². The van der Waals surface area contributed by atoms with Crippen LogP contribution >= 0.6 is 0 Å². The van der Waals surface area contributed by atoms with Gasteiger partial charge in [0.15, 0.2) is 5.82 Å². The molecule has 3 rings (SSSR count). The largest absolute Gasteiger partial charge is 0.394 e. The molecule has 0 bridgehead atoms. The van der Waals surface area contributed by atoms with E-state index < -0.39 is 5.54 Å². The third-order valence-electron chi connectivity index (χ3n) is 4.53. The van der Waals surface area contributed by atoms with E-state index in [0.29, 0.717) is 12.1 Å². The van der Waals surface area contributed by atoms with Crippen molar-refractivity contribution in [2.75, 3.05) is 11.9 Å². The minimum atomic E-state index is -0.629. The summed E-state index contributed by atoms with van der Waals surface area (Å²) in [7, 11) is 0. The summed E-state index contributed by atoms with van der Waals surface area (Å²) in [6.07, 6.45) is 2.70. The SMILES string of the molecule is CCC(C)(CO)NC(=O)Nc1cccc(-c2nnc3n2CCC3)c1. The summed E-state index contributed by atoms with van der Waals surface area (Å²) in [6, 6.07) is 7.22. The van der Waals surface area contributed by atoms with Crippen molar-refractivity contribution >= 4 is 11.7 Å². The highest BCUT2D eigenvalue weighted by molar-refractivity contribution is 5.90. The van der Waals surface area contributed by atoms with E-state index in [1.807, 2.05) is 38.1 Å². The fraction of sp³-hybridized carbons (Fsp3) is 0.471. The fourth-order valence-electron chi connectivity index (χ4n) is 2.78. The van der Waals surface area contributed by atoms with E-state index in [1.165, 1.54) is 0 Å². The molecule has 7 nitrogen and oxygen atoms in total. The van der Waals surface area contributed by atoms with Gasteiger partial charge in [-0.25, -0.2) is 4.79 Å². The molecule has 1 aromatic carbocycles. The lowest BCUT2D eigenvalue weighted by Crippen LogP contribution is -2.50. The van der Waals surface area contributed by atoms with E-state index in [1.54, 1.807) is 0 Å². The van der Waals surface area contributed by atoms with E-state index in [0.717, 1.165) is 36.6 Å². The Hall–Kier alpha value is -2.41. The number of urea groups is 1. The van der Waals surface area contributed by atoms with Crippen molar-refractivity contribution < 1.29 is 9.90 Å². The van der Waals surface area contributed by atoms with Gasteiger partial charge >= 0.3 is 6.03 Å². The van der Waals surface area contributed by atoms with E-state index in [2.05, 4.69) is 25.4 Å². The highest BCUT2D eigenvalue weighted by atomic mass is 16.3. The number of fused-ring (bicyclic) bond motifs is 1. The molecule has 0 radical (unpaired) electrons. The van der Waals surface area contributed by atoms with Crippen LogP contribution in [0.4, 0.5) is 10.5 Å². The maximum Gasteiger partial charge on any atom is 0.319 e. The van der Waals surface area contributed by atoms with E-state index in [9.17, 15) is 9.90 Å². The number of rotatable bonds is 5. The first-order valence-corrected chi connectivity index (χ1v) is 8.27. The number of carbonyl (C=O) groups excluding carboxylic acids is 1. The topological polar surface area (TPSA) is 92.1 Å². The molecular weight excluding hydrogens is 306 g/mol. The molecule has 1 aliphatic rings. The van der Waals surface area contributed by atoms with Gasteiger partial charge in [-0.15, -0.1) is 10.2 Å². The van der Waals surface area contributed by atoms with Crippen LogP contribution in [0.1, 0.15) is 32.5 Å². The Kier molecular flexibility index (Phi) is 4.53. The van der Waals surface area contributed by atoms with Crippen molar-refractivity contribution in [3.8, 4) is 11.4 Å². The third-order valence-corrected chi connectivity index (χ3v) is 4.53. The first-order valence-electron chi connectivity index (χ1n) is 8.27. The van der Waals surface area contributed by atoms with Crippen molar-refractivity contribution in [2.45, 2.75) is 45.2 Å². The van der Waals surface area contributed by atoms with Crippen LogP contribution in [0.25, 0.3) is 11.4 Å². The molecule has 0 fully saturated rings. The van der Waals surface area contributed by atoms with Gasteiger partial charge in [-0.05, 0) is 31.9 Å². The summed E-state index contributed by atoms with van der Waals surface area (Å²) in [5.41, 5.74) is 0.973. The Morgan fingerprint density at radius 1 is 1.42 bits per heavy atom. The number of aliphatic hydroxyl groups excluding tert-OH is 1. The molecule has 3 N–H and O–H groups in total. The number of carbonyl (C=O) groups is 1. The number of aromatic nitrogens is 3. The molecule has 1 atom stereocenters. The third kappa shape index (κ3) is 3.26. The van der Waals surface area contributed by atoms with Gasteiger partial charge in [-0.2, -0.15) is 0 Å². The van der Waals surface area contributed by atoms with Crippen LogP contribution in [-0.2, 0) is 13.0 Å². The lowest BCUT2D eigenvalue weighted by molar-refractivity contribution is 0.172. The normalized spacial score (nSPS) is 15.6. The average Bonchev–Trinajstić information content (AvgIpc) is 3.18. The molecule has 24 heavy (non-hydrogen) atoms. The smallest absolute Gasteiger partial charge is 0.319 e. The summed E-state index contributed by atoms with van der Waals surface area (Å²) < 4.78 is 2.12. The number of amides is 2. The van der Waals surface area contributed by atoms with Gasteiger partial charge < -0.3 is 20.3 Å². The maximum absolute atomic E-state index is 12.2. The van der Waals surface area contributed by atoms with Gasteiger partial charge in [-0.1, -0.05) is 19.1 Å². The molecule has 2 heterocycles. The van der Waals surface area contributed by atoms with Crippen molar-refractivity contribution in [1.29, 1.82) is 0 Å². The van der Waals surface area contributed by atoms with E-state index in [4.69, 9.17) is 0 Å². The second-order valence-corrected chi connectivity index (χ2v) is 6.43. The summed E-state index contributed by atoms with van der Waals surface area (Å²) in [5, 5.41) is 23.5. The Bertz CT molecular complexity index is 736. The predicted molar refractivity (Wildman–Crippen MR) is 91.7 cm³/mol. The van der Waals surface area contributed by atoms with Gasteiger partial charge in [0.1, 0.15) is 5.82 Å². The van der Waals surface area contributed by atoms with Crippen molar-refractivity contribution in [2.24, 2.45) is 0 Å². The molecule has 2 amide bonds. The van der Waals surface area contributed by atoms with Gasteiger partial charge in [-0.3, -0.25) is 0 Å². The second-order valence-electron chi connectivity index (χ2n) is 6.43. The zero-order chi connectivity index (χ0) is 17.2. The zero-order valence-corrected chi connectivity index (χ0v) is 14.0. The molecule has 0 spiro atoms. The van der Waals surface area contributed by atoms with Gasteiger partial charge in [0.2, 0.25) is 0 Å². The van der Waals surface area contributed by atoms with E-state index >= 15 is 0 Å². The summed E-state index contributed by atoms with van der Waals surface area (Å²) in [5.74, 6) is 1.85. The molecule has 7 heteroatoms. The molecule has 0 saturated carbocycles. The van der Waals surface area contributed by atoms with Crippen LogP contribution < -0.4 is 10.6 Å². The molecular formula is C17H23N5O2. The number of anilines is 1. The quantitative estimate of drug-likeness (QED) is 0.784. The van der Waals surface area contributed by atoms with Crippen molar-refractivity contribution in [1.82, 2.24) is 20.1 Å². The van der Waals surface area contributed by atoms with Gasteiger partial charge in [0.25, 0.3) is 0 Å². The molecule has 1 aliphatic heterocycles. The molecule has 1 unspecified atom stereocenters. The summed E-state index contributed by atoms with van der Waals surface area (Å²) in [6.45, 7) is 4.55. The van der Waals surface area contributed by atoms with Crippen molar-refractivity contribution in [3.63, 3.8) is 0 Å². The van der Waals surface area contributed by atoms with Gasteiger partial charge in [0, 0.05) is 24.2 Å². The van der Waals surface area contributed by atoms with Crippen molar-refractivity contribution in [3.05, 3.63) is 30.1 Å². The highest BCUT2D eigenvalue weighted by Crippen LogP contribution is 2.25. The number of hydrogen-bond donors (Lipinski definition) is 3. The molecule has 1 aromatic heterocycles. The van der Waals surface area contributed by atoms with Crippen LogP contribution in [0.15, 0.2) is 24.3 Å². The Labute approximate surface area is 141 Å². The van der Waals surface area contributed by atoms with Crippen LogP contribution in [0.3, 0.4) is 0 Å². The average molecular weight is 329 g/mol. The molecule has 128 valence electrons. The Morgan fingerprint density at radius 2 is 2.25 bits per heavy atom. The highest BCUT2D eigenvalue weighted by Gasteiger charge is 2.23. The number of aliphatic hydroxyl groups is 1. The first kappa shape index (κ1) is 16.4. The lowest BCUT2D eigenvalue weighted by Gasteiger charge is -2.27. The predicted octanol–water partition coefficient (Wildman–Crippen LogP) is 2.17. The number of nitrogens with one attached hydrogen (secondary N) is 2. The van der Waals surface area contributed by atoms with Crippen LogP contribution in [0.2, 0.25) is 0 Å². The summed E-state index contributed by atoms with van der Waals surface area (Å²) >= 11 is 0. The monoisotopic (exact) mass is 329 g/mol. The standard InChI is InChI=1S/C17H23N5O2/c1-3-17(2,11-23)19-16(24)18-13-7-4-6-12(10-13)15-21-20-14-8-5-9-22(14)15/h4,6-7,10,23H,3,5,8-9,11H2,1-2H3,(H2,18,19,24). The van der Waals surface area contributed by atoms with Gasteiger partial charge in [0.05, 0.1) is 12.1 Å². The molecule has 0 saturated heterocycles. The maximum atomic E-state index is 12.2. The number of hydrogen-bond acceptors (Lipinski definition) is 4. The lowest BCUT2D eigenvalue weighted by atomic mass is 10.0. The second kappa shape index (κ2) is 6.60. The molecule has 0 aliphatic carbocycles. The minimum absolute atomic E-state index is 0.108. The van der Waals surface area contributed by atoms with E-state index in [-0.39, 0.29) is 12.6 Å². The Morgan fingerprint density at radius 3 is 3.00 bits per heavy atom. The first-order chi connectivity index (χ1) is 11.5. The Balaban J connectivity index is 1.75. The zero-order valence-electron chi connectivity index (χ0n) is 14.0. The van der Waals surface area contributed by atoms with Crippen LogP contribution in [0, 0.1) is 0 Å².